The van der Waals surface area contributed by atoms with Gasteiger partial charge in [-0.05, 0) is 49.9 Å². The Morgan fingerprint density at radius 1 is 1.10 bits per heavy atom. The highest BCUT2D eigenvalue weighted by atomic mass is 15.2. The molecule has 0 bridgehead atoms. The van der Waals surface area contributed by atoms with E-state index in [1.165, 1.54) is 11.1 Å². The highest BCUT2D eigenvalue weighted by Gasteiger charge is 2.20. The minimum Gasteiger partial charge on any atom is -0.357 e. The molecular weight excluding hydrogens is 386 g/mol. The van der Waals surface area contributed by atoms with Gasteiger partial charge in [-0.2, -0.15) is 0 Å². The maximum absolute atomic E-state index is 4.79. The summed E-state index contributed by atoms with van der Waals surface area (Å²) in [5.74, 6) is 1.84. The summed E-state index contributed by atoms with van der Waals surface area (Å²) in [4.78, 5) is 7.34. The number of nitrogens with one attached hydrogen (secondary N) is 2. The summed E-state index contributed by atoms with van der Waals surface area (Å²) in [6, 6.07) is 15.1. The molecule has 4 rings (SSSR count). The smallest absolute Gasteiger partial charge is 0.191 e. The average molecular weight is 420 g/mol. The number of aromatic nitrogens is 3. The third-order valence-corrected chi connectivity index (χ3v) is 5.92. The topological polar surface area (TPSA) is 69.8 Å². The Bertz CT molecular complexity index is 1000. The van der Waals surface area contributed by atoms with Crippen LogP contribution in [0, 0.1) is 6.92 Å². The highest BCUT2D eigenvalue weighted by Crippen LogP contribution is 2.16. The van der Waals surface area contributed by atoms with Crippen LogP contribution >= 0.6 is 0 Å². The molecule has 1 aromatic carbocycles. The monoisotopic (exact) mass is 419 g/mol. The van der Waals surface area contributed by atoms with Gasteiger partial charge in [-0.15, -0.1) is 10.2 Å². The van der Waals surface area contributed by atoms with E-state index < -0.39 is 0 Å². The number of hydrogen-bond donors (Lipinski definition) is 2. The fourth-order valence-electron chi connectivity index (χ4n) is 4.11. The van der Waals surface area contributed by atoms with Gasteiger partial charge in [0.05, 0.1) is 0 Å². The number of pyridine rings is 1. The molecule has 164 valence electrons. The Kier molecular flexibility index (Phi) is 7.14. The molecule has 0 spiro atoms. The van der Waals surface area contributed by atoms with Crippen molar-refractivity contribution >= 4 is 11.6 Å². The second kappa shape index (κ2) is 10.4. The van der Waals surface area contributed by atoms with Crippen LogP contribution in [0.1, 0.15) is 36.7 Å². The molecule has 3 aromatic rings. The van der Waals surface area contributed by atoms with E-state index in [1.807, 2.05) is 28.8 Å². The molecule has 0 amide bonds. The van der Waals surface area contributed by atoms with Crippen LogP contribution in [0.2, 0.25) is 0 Å². The van der Waals surface area contributed by atoms with Gasteiger partial charge in [0.15, 0.2) is 11.6 Å². The van der Waals surface area contributed by atoms with E-state index in [0.717, 1.165) is 62.9 Å². The van der Waals surface area contributed by atoms with Gasteiger partial charge in [-0.25, -0.2) is 0 Å². The van der Waals surface area contributed by atoms with E-state index >= 15 is 0 Å². The number of fused-ring (bicyclic) bond motifs is 1. The van der Waals surface area contributed by atoms with E-state index in [2.05, 4.69) is 63.8 Å². The Hall–Kier alpha value is -2.93. The Labute approximate surface area is 184 Å². The summed E-state index contributed by atoms with van der Waals surface area (Å²) in [6.45, 7) is 9.09. The molecule has 0 saturated carbocycles. The average Bonchev–Trinajstić information content (AvgIpc) is 3.20. The molecule has 2 N–H and O–H groups in total. The van der Waals surface area contributed by atoms with Crippen molar-refractivity contribution in [3.8, 4) is 0 Å². The van der Waals surface area contributed by atoms with Crippen LogP contribution in [-0.2, 0) is 13.0 Å². The van der Waals surface area contributed by atoms with Crippen molar-refractivity contribution in [1.82, 2.24) is 30.1 Å². The molecule has 0 aliphatic carbocycles. The van der Waals surface area contributed by atoms with Crippen LogP contribution in [0.25, 0.3) is 5.65 Å². The van der Waals surface area contributed by atoms with Crippen molar-refractivity contribution in [1.29, 1.82) is 0 Å². The predicted molar refractivity (Wildman–Crippen MR) is 125 cm³/mol. The van der Waals surface area contributed by atoms with Crippen molar-refractivity contribution in [3.05, 3.63) is 65.6 Å². The van der Waals surface area contributed by atoms with Gasteiger partial charge in [-0.1, -0.05) is 30.3 Å². The number of likely N-dealkylation sites (tertiary alicyclic amines) is 1. The number of piperidine rings is 1. The van der Waals surface area contributed by atoms with Crippen LogP contribution in [0.5, 0.6) is 0 Å². The Morgan fingerprint density at radius 2 is 1.90 bits per heavy atom. The van der Waals surface area contributed by atoms with Crippen LogP contribution < -0.4 is 10.6 Å². The predicted octanol–water partition coefficient (Wildman–Crippen LogP) is 2.80. The van der Waals surface area contributed by atoms with Gasteiger partial charge in [0.1, 0.15) is 5.82 Å². The summed E-state index contributed by atoms with van der Waals surface area (Å²) in [5.41, 5.74) is 3.69. The first-order chi connectivity index (χ1) is 15.2. The van der Waals surface area contributed by atoms with E-state index in [9.17, 15) is 0 Å². The van der Waals surface area contributed by atoms with Crippen molar-refractivity contribution < 1.29 is 0 Å². The zero-order valence-electron chi connectivity index (χ0n) is 18.6. The van der Waals surface area contributed by atoms with Gasteiger partial charge in [-0.3, -0.25) is 14.3 Å². The lowest BCUT2D eigenvalue weighted by atomic mass is 10.0. The molecule has 1 aliphatic rings. The number of aliphatic imine (C=N–C) groups is 1. The molecule has 1 saturated heterocycles. The quantitative estimate of drug-likeness (QED) is 0.455. The molecule has 1 fully saturated rings. The van der Waals surface area contributed by atoms with E-state index in [-0.39, 0.29) is 0 Å². The largest absolute Gasteiger partial charge is 0.357 e. The van der Waals surface area contributed by atoms with E-state index in [4.69, 9.17) is 4.99 Å². The molecule has 31 heavy (non-hydrogen) atoms. The lowest BCUT2D eigenvalue weighted by Gasteiger charge is -2.33. The van der Waals surface area contributed by atoms with E-state index in [1.54, 1.807) is 0 Å². The molecule has 0 atom stereocenters. The Balaban J connectivity index is 1.28. The van der Waals surface area contributed by atoms with Gasteiger partial charge in [0, 0.05) is 51.4 Å². The molecule has 0 unspecified atom stereocenters. The Morgan fingerprint density at radius 3 is 2.71 bits per heavy atom. The normalized spacial score (nSPS) is 16.0. The van der Waals surface area contributed by atoms with Gasteiger partial charge in [0.25, 0.3) is 0 Å². The van der Waals surface area contributed by atoms with Crippen LogP contribution in [0.4, 0.5) is 0 Å². The lowest BCUT2D eigenvalue weighted by molar-refractivity contribution is 0.198. The van der Waals surface area contributed by atoms with Crippen LogP contribution in [-0.4, -0.2) is 57.7 Å². The van der Waals surface area contributed by atoms with Crippen LogP contribution in [0.15, 0.2) is 53.7 Å². The summed E-state index contributed by atoms with van der Waals surface area (Å²) in [5, 5.41) is 15.5. The molecular formula is C24H33N7. The number of hydrogen-bond acceptors (Lipinski definition) is 4. The van der Waals surface area contributed by atoms with E-state index in [0.29, 0.717) is 12.6 Å². The van der Waals surface area contributed by atoms with Gasteiger partial charge in [0.2, 0.25) is 0 Å². The molecule has 1 aliphatic heterocycles. The highest BCUT2D eigenvalue weighted by molar-refractivity contribution is 5.80. The second-order valence-corrected chi connectivity index (χ2v) is 8.18. The minimum atomic E-state index is 0.458. The van der Waals surface area contributed by atoms with Crippen molar-refractivity contribution in [2.45, 2.75) is 45.7 Å². The first kappa shape index (κ1) is 21.3. The summed E-state index contributed by atoms with van der Waals surface area (Å²) < 4.78 is 2.03. The maximum Gasteiger partial charge on any atom is 0.191 e. The molecule has 3 heterocycles. The van der Waals surface area contributed by atoms with Crippen LogP contribution in [0.3, 0.4) is 0 Å². The zero-order valence-corrected chi connectivity index (χ0v) is 18.6. The van der Waals surface area contributed by atoms with Gasteiger partial charge < -0.3 is 10.6 Å². The number of rotatable bonds is 7. The zero-order chi connectivity index (χ0) is 21.5. The second-order valence-electron chi connectivity index (χ2n) is 8.18. The fourth-order valence-corrected chi connectivity index (χ4v) is 4.11. The summed E-state index contributed by atoms with van der Waals surface area (Å²) in [7, 11) is 0. The minimum absolute atomic E-state index is 0.458. The lowest BCUT2D eigenvalue weighted by Crippen LogP contribution is -2.48. The number of benzene rings is 1. The molecule has 0 radical (unpaired) electrons. The SMILES string of the molecule is CCNC(=NCCc1nnc2ccccn12)NC1CCN(Cc2ccccc2C)CC1. The maximum atomic E-state index is 4.79. The molecule has 7 heteroatoms. The first-order valence-corrected chi connectivity index (χ1v) is 11.3. The third-order valence-electron chi connectivity index (χ3n) is 5.92. The number of nitrogens with zero attached hydrogens (tertiary/aromatic N) is 5. The molecule has 2 aromatic heterocycles. The van der Waals surface area contributed by atoms with Gasteiger partial charge >= 0.3 is 0 Å². The number of guanidine groups is 1. The fraction of sp³-hybridized carbons (Fsp3) is 0.458. The first-order valence-electron chi connectivity index (χ1n) is 11.3. The van der Waals surface area contributed by atoms with Crippen molar-refractivity contribution in [3.63, 3.8) is 0 Å². The number of aryl methyl sites for hydroxylation is 1. The third kappa shape index (κ3) is 5.61. The van der Waals surface area contributed by atoms with Crippen molar-refractivity contribution in [2.75, 3.05) is 26.2 Å². The molecule has 7 nitrogen and oxygen atoms in total. The standard InChI is InChI=1S/C24H33N7/c1-3-25-24(26-14-11-23-29-28-22-10-6-7-15-31(22)23)27-21-12-16-30(17-13-21)18-20-9-5-4-8-19(20)2/h4-10,15,21H,3,11-14,16-18H2,1-2H3,(H2,25,26,27). The summed E-state index contributed by atoms with van der Waals surface area (Å²) in [6.07, 6.45) is 5.02. The van der Waals surface area contributed by atoms with Crippen molar-refractivity contribution in [2.24, 2.45) is 4.99 Å². The summed E-state index contributed by atoms with van der Waals surface area (Å²) >= 11 is 0.